The first-order valence-electron chi connectivity index (χ1n) is 4.79. The Hall–Kier alpha value is -0.240. The van der Waals surface area contributed by atoms with Crippen molar-refractivity contribution in [3.63, 3.8) is 0 Å². The van der Waals surface area contributed by atoms with E-state index < -0.39 is 0 Å². The highest BCUT2D eigenvalue weighted by molar-refractivity contribution is 6.20. The molecule has 68 valence electrons. The Morgan fingerprint density at radius 2 is 2.00 bits per heavy atom. The van der Waals surface area contributed by atoms with E-state index in [2.05, 4.69) is 10.5 Å². The first kappa shape index (κ1) is 8.36. The minimum atomic E-state index is 0.427. The van der Waals surface area contributed by atoms with Crippen LogP contribution in [0.1, 0.15) is 32.1 Å². The summed E-state index contributed by atoms with van der Waals surface area (Å²) >= 11 is 6.03. The van der Waals surface area contributed by atoms with Gasteiger partial charge in [-0.25, -0.2) is 0 Å². The molecule has 0 atom stereocenters. The van der Waals surface area contributed by atoms with Gasteiger partial charge in [0, 0.05) is 24.1 Å². The van der Waals surface area contributed by atoms with E-state index in [-0.39, 0.29) is 0 Å². The molecule has 0 aromatic heterocycles. The first-order chi connectivity index (χ1) is 5.86. The lowest BCUT2D eigenvalue weighted by molar-refractivity contribution is 0.442. The highest BCUT2D eigenvalue weighted by Gasteiger charge is 2.24. The van der Waals surface area contributed by atoms with Crippen LogP contribution >= 0.6 is 11.6 Å². The second-order valence-electron chi connectivity index (χ2n) is 3.71. The number of hydrogen-bond acceptors (Lipinski definition) is 2. The van der Waals surface area contributed by atoms with Crippen LogP contribution in [0.3, 0.4) is 0 Å². The SMILES string of the molecule is ClC1CCC(C2=NNCC2)CC1. The van der Waals surface area contributed by atoms with Gasteiger partial charge in [-0.3, -0.25) is 0 Å². The molecule has 12 heavy (non-hydrogen) atoms. The summed E-state index contributed by atoms with van der Waals surface area (Å²) in [6.07, 6.45) is 5.98. The molecular formula is C9H15ClN2. The monoisotopic (exact) mass is 186 g/mol. The third-order valence-corrected chi connectivity index (χ3v) is 3.28. The lowest BCUT2D eigenvalue weighted by Crippen LogP contribution is -2.20. The standard InChI is InChI=1S/C9H15ClN2/c10-8-3-1-7(2-4-8)9-5-6-11-12-9/h7-8,11H,1-6H2. The number of hydrogen-bond donors (Lipinski definition) is 1. The second-order valence-corrected chi connectivity index (χ2v) is 4.33. The van der Waals surface area contributed by atoms with Crippen molar-refractivity contribution in [3.8, 4) is 0 Å². The zero-order valence-electron chi connectivity index (χ0n) is 7.22. The Morgan fingerprint density at radius 1 is 1.25 bits per heavy atom. The molecule has 1 saturated carbocycles. The molecule has 1 aliphatic heterocycles. The van der Waals surface area contributed by atoms with Crippen LogP contribution in [0.4, 0.5) is 0 Å². The number of nitrogens with zero attached hydrogens (tertiary/aromatic N) is 1. The van der Waals surface area contributed by atoms with Crippen molar-refractivity contribution in [1.29, 1.82) is 0 Å². The van der Waals surface area contributed by atoms with Gasteiger partial charge in [0.2, 0.25) is 0 Å². The quantitative estimate of drug-likeness (QED) is 0.624. The maximum atomic E-state index is 6.03. The smallest absolute Gasteiger partial charge is 0.0427 e. The van der Waals surface area contributed by atoms with Gasteiger partial charge in [-0.2, -0.15) is 5.10 Å². The summed E-state index contributed by atoms with van der Waals surface area (Å²) in [5, 5.41) is 4.74. The van der Waals surface area contributed by atoms with E-state index >= 15 is 0 Å². The van der Waals surface area contributed by atoms with Crippen molar-refractivity contribution < 1.29 is 0 Å². The van der Waals surface area contributed by atoms with E-state index in [4.69, 9.17) is 11.6 Å². The number of alkyl halides is 1. The van der Waals surface area contributed by atoms with Gasteiger partial charge < -0.3 is 5.43 Å². The van der Waals surface area contributed by atoms with Crippen molar-refractivity contribution >= 4 is 17.3 Å². The molecule has 0 bridgehead atoms. The molecule has 0 saturated heterocycles. The van der Waals surface area contributed by atoms with E-state index in [0.29, 0.717) is 5.38 Å². The zero-order chi connectivity index (χ0) is 8.39. The van der Waals surface area contributed by atoms with Gasteiger partial charge in [0.15, 0.2) is 0 Å². The average molecular weight is 187 g/mol. The lowest BCUT2D eigenvalue weighted by Gasteiger charge is -2.24. The third-order valence-electron chi connectivity index (χ3n) is 2.84. The topological polar surface area (TPSA) is 24.4 Å². The van der Waals surface area contributed by atoms with Gasteiger partial charge in [-0.05, 0) is 31.6 Å². The van der Waals surface area contributed by atoms with Gasteiger partial charge in [0.1, 0.15) is 0 Å². The lowest BCUT2D eigenvalue weighted by atomic mass is 9.85. The molecule has 2 aliphatic rings. The molecule has 0 amide bonds. The summed E-state index contributed by atoms with van der Waals surface area (Å²) in [5.74, 6) is 0.731. The van der Waals surface area contributed by atoms with Crippen LogP contribution in [0.15, 0.2) is 5.10 Å². The van der Waals surface area contributed by atoms with Crippen LogP contribution in [0, 0.1) is 5.92 Å². The number of hydrazone groups is 1. The summed E-state index contributed by atoms with van der Waals surface area (Å²) in [6.45, 7) is 1.04. The number of rotatable bonds is 1. The molecule has 0 unspecified atom stereocenters. The van der Waals surface area contributed by atoms with Gasteiger partial charge in [0.05, 0.1) is 0 Å². The highest BCUT2D eigenvalue weighted by atomic mass is 35.5. The Bertz CT molecular complexity index is 183. The highest BCUT2D eigenvalue weighted by Crippen LogP contribution is 2.29. The minimum absolute atomic E-state index is 0.427. The van der Waals surface area contributed by atoms with Crippen LogP contribution in [0.25, 0.3) is 0 Å². The van der Waals surface area contributed by atoms with Crippen molar-refractivity contribution in [2.45, 2.75) is 37.5 Å². The van der Waals surface area contributed by atoms with Crippen LogP contribution < -0.4 is 5.43 Å². The van der Waals surface area contributed by atoms with E-state index in [0.717, 1.165) is 18.9 Å². The fourth-order valence-corrected chi connectivity index (χ4v) is 2.33. The van der Waals surface area contributed by atoms with Gasteiger partial charge in [0.25, 0.3) is 0 Å². The number of nitrogens with one attached hydrogen (secondary N) is 1. The van der Waals surface area contributed by atoms with Crippen LogP contribution in [-0.4, -0.2) is 17.6 Å². The molecule has 0 aromatic carbocycles. The van der Waals surface area contributed by atoms with Gasteiger partial charge in [-0.15, -0.1) is 11.6 Å². The van der Waals surface area contributed by atoms with Crippen molar-refractivity contribution in [2.75, 3.05) is 6.54 Å². The maximum Gasteiger partial charge on any atom is 0.0427 e. The summed E-state index contributed by atoms with van der Waals surface area (Å²) in [5.41, 5.74) is 4.42. The molecule has 1 aliphatic carbocycles. The van der Waals surface area contributed by atoms with E-state index in [1.54, 1.807) is 0 Å². The Kier molecular flexibility index (Phi) is 2.54. The van der Waals surface area contributed by atoms with Crippen LogP contribution in [0.5, 0.6) is 0 Å². The average Bonchev–Trinajstić information content (AvgIpc) is 2.58. The normalized spacial score (nSPS) is 35.9. The van der Waals surface area contributed by atoms with Gasteiger partial charge >= 0.3 is 0 Å². The van der Waals surface area contributed by atoms with Crippen LogP contribution in [-0.2, 0) is 0 Å². The Morgan fingerprint density at radius 3 is 2.58 bits per heavy atom. The summed E-state index contributed by atoms with van der Waals surface area (Å²) in [7, 11) is 0. The molecule has 0 aromatic rings. The fourth-order valence-electron chi connectivity index (χ4n) is 2.08. The van der Waals surface area contributed by atoms with Crippen molar-refractivity contribution in [3.05, 3.63) is 0 Å². The molecule has 1 N–H and O–H groups in total. The number of halogens is 1. The molecule has 2 nitrogen and oxygen atoms in total. The third kappa shape index (κ3) is 1.74. The minimum Gasteiger partial charge on any atom is -0.310 e. The van der Waals surface area contributed by atoms with E-state index in [1.165, 1.54) is 31.4 Å². The van der Waals surface area contributed by atoms with E-state index in [1.807, 2.05) is 0 Å². The molecular weight excluding hydrogens is 172 g/mol. The second kappa shape index (κ2) is 3.65. The van der Waals surface area contributed by atoms with Crippen LogP contribution in [0.2, 0.25) is 0 Å². The largest absolute Gasteiger partial charge is 0.310 e. The van der Waals surface area contributed by atoms with Crippen molar-refractivity contribution in [1.82, 2.24) is 5.43 Å². The molecule has 2 rings (SSSR count). The summed E-state index contributed by atoms with van der Waals surface area (Å²) < 4.78 is 0. The molecule has 1 heterocycles. The van der Waals surface area contributed by atoms with Crippen molar-refractivity contribution in [2.24, 2.45) is 11.0 Å². The molecule has 1 fully saturated rings. The maximum absolute atomic E-state index is 6.03. The predicted molar refractivity (Wildman–Crippen MR) is 51.7 cm³/mol. The fraction of sp³-hybridized carbons (Fsp3) is 0.889. The van der Waals surface area contributed by atoms with Gasteiger partial charge in [-0.1, -0.05) is 0 Å². The summed E-state index contributed by atoms with van der Waals surface area (Å²) in [4.78, 5) is 0. The van der Waals surface area contributed by atoms with E-state index in [9.17, 15) is 0 Å². The molecule has 3 heteroatoms. The zero-order valence-corrected chi connectivity index (χ0v) is 7.98. The Labute approximate surface area is 78.4 Å². The Balaban J connectivity index is 1.88. The molecule has 0 radical (unpaired) electrons. The molecule has 0 spiro atoms. The summed E-state index contributed by atoms with van der Waals surface area (Å²) in [6, 6.07) is 0. The first-order valence-corrected chi connectivity index (χ1v) is 5.23. The predicted octanol–water partition coefficient (Wildman–Crippen LogP) is 2.13.